The molecular formula is C36H68O4. The van der Waals surface area contributed by atoms with Crippen molar-refractivity contribution in [3.05, 3.63) is 0 Å². The van der Waals surface area contributed by atoms with Crippen LogP contribution in [0.3, 0.4) is 0 Å². The monoisotopic (exact) mass is 565 g/mol. The predicted octanol–water partition coefficient (Wildman–Crippen LogP) is 11.6. The van der Waals surface area contributed by atoms with Crippen LogP contribution in [0.25, 0.3) is 0 Å². The first kappa shape index (κ1) is 37.0. The van der Waals surface area contributed by atoms with Crippen molar-refractivity contribution in [3.63, 3.8) is 0 Å². The summed E-state index contributed by atoms with van der Waals surface area (Å²) < 4.78 is 0. The highest BCUT2D eigenvalue weighted by Crippen LogP contribution is 2.47. The first-order valence-corrected chi connectivity index (χ1v) is 17.9. The predicted molar refractivity (Wildman–Crippen MR) is 170 cm³/mol. The van der Waals surface area contributed by atoms with Gasteiger partial charge in [0.2, 0.25) is 0 Å². The number of carboxylic acids is 2. The highest BCUT2D eigenvalue weighted by atomic mass is 16.4. The van der Waals surface area contributed by atoms with E-state index in [1.54, 1.807) is 0 Å². The summed E-state index contributed by atoms with van der Waals surface area (Å²) in [6, 6.07) is 0. The second-order valence-electron chi connectivity index (χ2n) is 13.2. The molecule has 0 heterocycles. The molecule has 0 radical (unpaired) electrons. The molecule has 0 aliphatic heterocycles. The fourth-order valence-electron chi connectivity index (χ4n) is 7.57. The third-order valence-electron chi connectivity index (χ3n) is 9.88. The second kappa shape index (κ2) is 25.6. The van der Waals surface area contributed by atoms with Crippen molar-refractivity contribution in [2.45, 2.75) is 194 Å². The molecule has 1 fully saturated rings. The molecule has 0 aromatic rings. The summed E-state index contributed by atoms with van der Waals surface area (Å²) in [4.78, 5) is 21.6. The van der Waals surface area contributed by atoms with Crippen molar-refractivity contribution in [3.8, 4) is 0 Å². The lowest BCUT2D eigenvalue weighted by molar-refractivity contribution is -0.138. The molecule has 1 aliphatic carbocycles. The van der Waals surface area contributed by atoms with Gasteiger partial charge in [-0.2, -0.15) is 0 Å². The van der Waals surface area contributed by atoms with Crippen LogP contribution in [0.4, 0.5) is 0 Å². The van der Waals surface area contributed by atoms with Crippen molar-refractivity contribution >= 4 is 11.9 Å². The van der Waals surface area contributed by atoms with Crippen LogP contribution in [-0.4, -0.2) is 22.2 Å². The zero-order valence-corrected chi connectivity index (χ0v) is 26.8. The highest BCUT2D eigenvalue weighted by Gasteiger charge is 2.37. The molecule has 0 bridgehead atoms. The molecule has 1 saturated carbocycles. The fraction of sp³-hybridized carbons (Fsp3) is 0.944. The van der Waals surface area contributed by atoms with Gasteiger partial charge in [-0.05, 0) is 62.2 Å². The maximum Gasteiger partial charge on any atom is 0.303 e. The molecule has 4 atom stereocenters. The van der Waals surface area contributed by atoms with Crippen molar-refractivity contribution in [2.24, 2.45) is 23.7 Å². The molecule has 1 aliphatic rings. The summed E-state index contributed by atoms with van der Waals surface area (Å²) in [6.07, 6.45) is 34.3. The average Bonchev–Trinajstić information content (AvgIpc) is 2.92. The van der Waals surface area contributed by atoms with E-state index in [9.17, 15) is 9.59 Å². The van der Waals surface area contributed by atoms with E-state index in [2.05, 4.69) is 13.8 Å². The van der Waals surface area contributed by atoms with E-state index in [1.807, 2.05) is 0 Å². The molecule has 2 N–H and O–H groups in total. The van der Waals surface area contributed by atoms with Gasteiger partial charge in [-0.15, -0.1) is 0 Å². The minimum Gasteiger partial charge on any atom is -0.481 e. The summed E-state index contributed by atoms with van der Waals surface area (Å²) in [5, 5.41) is 17.8. The summed E-state index contributed by atoms with van der Waals surface area (Å²) in [7, 11) is 0. The molecule has 0 aromatic heterocycles. The molecule has 4 heteroatoms. The van der Waals surface area contributed by atoms with Crippen molar-refractivity contribution in [1.82, 2.24) is 0 Å². The number of aliphatic carboxylic acids is 2. The third-order valence-corrected chi connectivity index (χ3v) is 9.88. The first-order valence-electron chi connectivity index (χ1n) is 17.9. The Bertz CT molecular complexity index is 604. The molecule has 0 saturated heterocycles. The summed E-state index contributed by atoms with van der Waals surface area (Å²) in [6.45, 7) is 4.62. The second-order valence-corrected chi connectivity index (χ2v) is 13.2. The number of rotatable bonds is 28. The normalized spacial score (nSPS) is 21.1. The van der Waals surface area contributed by atoms with Crippen LogP contribution in [0.15, 0.2) is 0 Å². The van der Waals surface area contributed by atoms with Crippen molar-refractivity contribution in [1.29, 1.82) is 0 Å². The molecule has 4 nitrogen and oxygen atoms in total. The SMILES string of the molecule is CCCCCCCC1CCC(CCCCCCC(=O)O)C(CCCCCCCCC(=O)O)C1CCCCCCC. The maximum absolute atomic E-state index is 10.9. The van der Waals surface area contributed by atoms with Crippen LogP contribution in [0, 0.1) is 23.7 Å². The molecule has 236 valence electrons. The Balaban J connectivity index is 2.71. The third kappa shape index (κ3) is 19.1. The van der Waals surface area contributed by atoms with E-state index in [4.69, 9.17) is 10.2 Å². The van der Waals surface area contributed by atoms with E-state index in [0.29, 0.717) is 12.8 Å². The fourth-order valence-corrected chi connectivity index (χ4v) is 7.57. The number of carbonyl (C=O) groups is 2. The van der Waals surface area contributed by atoms with Gasteiger partial charge in [0, 0.05) is 12.8 Å². The van der Waals surface area contributed by atoms with Crippen molar-refractivity contribution in [2.75, 3.05) is 0 Å². The molecule has 4 unspecified atom stereocenters. The Morgan fingerprint density at radius 3 is 1.10 bits per heavy atom. The van der Waals surface area contributed by atoms with Gasteiger partial charge in [0.15, 0.2) is 0 Å². The maximum atomic E-state index is 10.9. The van der Waals surface area contributed by atoms with Crippen LogP contribution in [0.2, 0.25) is 0 Å². The summed E-state index contributed by atoms with van der Waals surface area (Å²) in [5.41, 5.74) is 0. The minimum atomic E-state index is -0.661. The van der Waals surface area contributed by atoms with E-state index in [-0.39, 0.29) is 0 Å². The van der Waals surface area contributed by atoms with E-state index in [0.717, 1.165) is 49.4 Å². The quantitative estimate of drug-likeness (QED) is 0.0927. The topological polar surface area (TPSA) is 74.6 Å². The van der Waals surface area contributed by atoms with Crippen LogP contribution >= 0.6 is 0 Å². The lowest BCUT2D eigenvalue weighted by Crippen LogP contribution is -2.35. The first-order chi connectivity index (χ1) is 19.5. The van der Waals surface area contributed by atoms with Gasteiger partial charge in [-0.1, -0.05) is 142 Å². The smallest absolute Gasteiger partial charge is 0.303 e. The zero-order valence-electron chi connectivity index (χ0n) is 26.8. The Morgan fingerprint density at radius 1 is 0.450 bits per heavy atom. The van der Waals surface area contributed by atoms with Crippen LogP contribution < -0.4 is 0 Å². The van der Waals surface area contributed by atoms with Gasteiger partial charge >= 0.3 is 11.9 Å². The van der Waals surface area contributed by atoms with Crippen LogP contribution in [0.1, 0.15) is 194 Å². The van der Waals surface area contributed by atoms with Crippen LogP contribution in [-0.2, 0) is 9.59 Å². The largest absolute Gasteiger partial charge is 0.481 e. The molecule has 0 aromatic carbocycles. The number of carboxylic acid groups (broad SMARTS) is 2. The molecule has 0 spiro atoms. The van der Waals surface area contributed by atoms with Gasteiger partial charge in [0.25, 0.3) is 0 Å². The Kier molecular flexibility index (Phi) is 23.7. The number of unbranched alkanes of at least 4 members (excludes halogenated alkanes) is 16. The lowest BCUT2D eigenvalue weighted by Gasteiger charge is -2.44. The van der Waals surface area contributed by atoms with E-state index < -0.39 is 11.9 Å². The van der Waals surface area contributed by atoms with Gasteiger partial charge in [0.05, 0.1) is 0 Å². The summed E-state index contributed by atoms with van der Waals surface area (Å²) in [5.74, 6) is 2.27. The molecule has 1 rings (SSSR count). The standard InChI is InChI=1S/C36H68O4/c1-3-5-7-11-17-23-31-29-30-32(24-18-15-16-22-28-36(39)40)34(33(31)25-19-12-8-6-4-2)26-20-13-9-10-14-21-27-35(37)38/h31-34H,3-30H2,1-2H3,(H,37,38)(H,39,40). The number of hydrogen-bond donors (Lipinski definition) is 2. The average molecular weight is 565 g/mol. The molecule has 40 heavy (non-hydrogen) atoms. The number of hydrogen-bond acceptors (Lipinski definition) is 2. The van der Waals surface area contributed by atoms with Gasteiger partial charge < -0.3 is 10.2 Å². The minimum absolute atomic E-state index is 0.319. The summed E-state index contributed by atoms with van der Waals surface area (Å²) >= 11 is 0. The Labute approximate surface area is 248 Å². The Hall–Kier alpha value is -1.06. The molecular weight excluding hydrogens is 496 g/mol. The Morgan fingerprint density at radius 2 is 0.750 bits per heavy atom. The van der Waals surface area contributed by atoms with Crippen molar-refractivity contribution < 1.29 is 19.8 Å². The lowest BCUT2D eigenvalue weighted by atomic mass is 9.61. The van der Waals surface area contributed by atoms with Gasteiger partial charge in [-0.25, -0.2) is 0 Å². The van der Waals surface area contributed by atoms with Crippen LogP contribution in [0.5, 0.6) is 0 Å². The zero-order chi connectivity index (χ0) is 29.3. The van der Waals surface area contributed by atoms with E-state index >= 15 is 0 Å². The van der Waals surface area contributed by atoms with Gasteiger partial charge in [0.1, 0.15) is 0 Å². The highest BCUT2D eigenvalue weighted by molar-refractivity contribution is 5.66. The van der Waals surface area contributed by atoms with Gasteiger partial charge in [-0.3, -0.25) is 9.59 Å². The molecule has 0 amide bonds. The van der Waals surface area contributed by atoms with E-state index in [1.165, 1.54) is 141 Å².